The maximum atomic E-state index is 6.12. The largest absolute Gasteiger partial charge is 0.397 e. The molecule has 0 saturated heterocycles. The summed E-state index contributed by atoms with van der Waals surface area (Å²) in [4.78, 5) is 2.24. The maximum absolute atomic E-state index is 6.12. The average Bonchev–Trinajstić information content (AvgIpc) is 2.52. The molecule has 0 aromatic heterocycles. The highest BCUT2D eigenvalue weighted by atomic mass is 79.9. The van der Waals surface area contributed by atoms with Gasteiger partial charge < -0.3 is 11.5 Å². The van der Waals surface area contributed by atoms with Crippen molar-refractivity contribution in [3.63, 3.8) is 0 Å². The normalized spacial score (nSPS) is 10.3. The van der Waals surface area contributed by atoms with Crippen molar-refractivity contribution in [2.75, 3.05) is 18.5 Å². The Balaban J connectivity index is 0.00000116. The van der Waals surface area contributed by atoms with Gasteiger partial charge in [-0.25, -0.2) is 0 Å². The molecule has 22 heavy (non-hydrogen) atoms. The van der Waals surface area contributed by atoms with Gasteiger partial charge in [0.25, 0.3) is 0 Å². The smallest absolute Gasteiger partial charge is 0.0596 e. The van der Waals surface area contributed by atoms with Crippen LogP contribution in [-0.2, 0) is 13.1 Å². The summed E-state index contributed by atoms with van der Waals surface area (Å²) in [5.41, 5.74) is 16.9. The number of nitrogens with zero attached hydrogens (tertiary/aromatic N) is 1. The van der Waals surface area contributed by atoms with Crippen LogP contribution in [0.4, 0.5) is 11.4 Å². The van der Waals surface area contributed by atoms with Crippen LogP contribution in [0.25, 0.3) is 0 Å². The topological polar surface area (TPSA) is 55.3 Å². The quantitative estimate of drug-likeness (QED) is 0.781. The zero-order valence-electron chi connectivity index (χ0n) is 13.9. The first-order valence-electron chi connectivity index (χ1n) is 7.54. The number of hydrogen-bond donors (Lipinski definition) is 2. The van der Waals surface area contributed by atoms with Gasteiger partial charge in [-0.2, -0.15) is 0 Å². The lowest BCUT2D eigenvalue weighted by Crippen LogP contribution is -2.19. The van der Waals surface area contributed by atoms with Crippen LogP contribution in [0.3, 0.4) is 0 Å². The van der Waals surface area contributed by atoms with E-state index in [0.29, 0.717) is 11.4 Å². The second-order valence-electron chi connectivity index (χ2n) is 5.12. The SMILES string of the molecule is CC.Cc1c(Br)cc(N)c(N)c1CN(C)Cc1ccccc1. The van der Waals surface area contributed by atoms with Crippen molar-refractivity contribution in [3.8, 4) is 0 Å². The molecule has 0 bridgehead atoms. The number of rotatable bonds is 4. The van der Waals surface area contributed by atoms with Crippen LogP contribution in [-0.4, -0.2) is 11.9 Å². The molecule has 0 unspecified atom stereocenters. The monoisotopic (exact) mass is 363 g/mol. The molecule has 0 aliphatic rings. The minimum absolute atomic E-state index is 0.630. The number of halogens is 1. The predicted molar refractivity (Wildman–Crippen MR) is 101 cm³/mol. The van der Waals surface area contributed by atoms with E-state index in [-0.39, 0.29) is 0 Å². The van der Waals surface area contributed by atoms with Crippen LogP contribution >= 0.6 is 15.9 Å². The molecule has 0 aliphatic carbocycles. The average molecular weight is 364 g/mol. The van der Waals surface area contributed by atoms with E-state index in [9.17, 15) is 0 Å². The first kappa shape index (κ1) is 18.5. The van der Waals surface area contributed by atoms with Gasteiger partial charge in [0.1, 0.15) is 0 Å². The van der Waals surface area contributed by atoms with Crippen molar-refractivity contribution in [2.24, 2.45) is 0 Å². The third-order valence-corrected chi connectivity index (χ3v) is 4.28. The third kappa shape index (κ3) is 4.75. The fourth-order valence-electron chi connectivity index (χ4n) is 2.27. The fraction of sp³-hybridized carbons (Fsp3) is 0.333. The molecule has 0 atom stereocenters. The molecule has 3 nitrogen and oxygen atoms in total. The number of hydrogen-bond acceptors (Lipinski definition) is 3. The molecule has 120 valence electrons. The van der Waals surface area contributed by atoms with Crippen molar-refractivity contribution in [1.29, 1.82) is 0 Å². The lowest BCUT2D eigenvalue weighted by molar-refractivity contribution is 0.319. The van der Waals surface area contributed by atoms with E-state index in [2.05, 4.69) is 59.1 Å². The Morgan fingerprint density at radius 2 is 1.64 bits per heavy atom. The van der Waals surface area contributed by atoms with Crippen molar-refractivity contribution >= 4 is 27.3 Å². The minimum Gasteiger partial charge on any atom is -0.397 e. The van der Waals surface area contributed by atoms with Crippen LogP contribution in [0.2, 0.25) is 0 Å². The van der Waals surface area contributed by atoms with Gasteiger partial charge in [0.2, 0.25) is 0 Å². The molecule has 2 aromatic carbocycles. The highest BCUT2D eigenvalue weighted by Crippen LogP contribution is 2.31. The summed E-state index contributed by atoms with van der Waals surface area (Å²) in [6.45, 7) is 7.72. The summed E-state index contributed by atoms with van der Waals surface area (Å²) in [6.07, 6.45) is 0. The lowest BCUT2D eigenvalue weighted by Gasteiger charge is -2.21. The van der Waals surface area contributed by atoms with Gasteiger partial charge in [-0.3, -0.25) is 4.90 Å². The third-order valence-electron chi connectivity index (χ3n) is 3.45. The molecule has 0 fully saturated rings. The fourth-order valence-corrected chi connectivity index (χ4v) is 2.75. The van der Waals surface area contributed by atoms with E-state index >= 15 is 0 Å². The summed E-state index contributed by atoms with van der Waals surface area (Å²) in [7, 11) is 2.09. The van der Waals surface area contributed by atoms with E-state index in [1.807, 2.05) is 26.0 Å². The molecule has 2 rings (SSSR count). The molecule has 2 aromatic rings. The Bertz CT molecular complexity index is 571. The van der Waals surface area contributed by atoms with Gasteiger partial charge in [0.15, 0.2) is 0 Å². The molecule has 0 radical (unpaired) electrons. The van der Waals surface area contributed by atoms with Crippen molar-refractivity contribution in [1.82, 2.24) is 4.90 Å². The first-order chi connectivity index (χ1) is 10.5. The van der Waals surface area contributed by atoms with Crippen molar-refractivity contribution in [3.05, 3.63) is 57.6 Å². The van der Waals surface area contributed by atoms with Gasteiger partial charge in [0.05, 0.1) is 11.4 Å². The van der Waals surface area contributed by atoms with Crippen LogP contribution in [0.15, 0.2) is 40.9 Å². The van der Waals surface area contributed by atoms with Gasteiger partial charge in [0, 0.05) is 17.6 Å². The summed E-state index contributed by atoms with van der Waals surface area (Å²) in [5, 5.41) is 0. The van der Waals surface area contributed by atoms with E-state index in [1.54, 1.807) is 0 Å². The number of nitrogen functional groups attached to an aromatic ring is 2. The van der Waals surface area contributed by atoms with Crippen LogP contribution < -0.4 is 11.5 Å². The van der Waals surface area contributed by atoms with E-state index in [0.717, 1.165) is 28.7 Å². The summed E-state index contributed by atoms with van der Waals surface area (Å²) in [5.74, 6) is 0. The van der Waals surface area contributed by atoms with Crippen LogP contribution in [0.5, 0.6) is 0 Å². The molecule has 4 heteroatoms. The molecule has 0 spiro atoms. The van der Waals surface area contributed by atoms with Gasteiger partial charge in [-0.1, -0.05) is 60.1 Å². The van der Waals surface area contributed by atoms with Crippen molar-refractivity contribution < 1.29 is 0 Å². The van der Waals surface area contributed by atoms with E-state index in [4.69, 9.17) is 11.5 Å². The minimum atomic E-state index is 0.630. The highest BCUT2D eigenvalue weighted by Gasteiger charge is 2.12. The first-order valence-corrected chi connectivity index (χ1v) is 8.33. The van der Waals surface area contributed by atoms with Crippen molar-refractivity contribution in [2.45, 2.75) is 33.9 Å². The molecule has 0 saturated carbocycles. The summed E-state index contributed by atoms with van der Waals surface area (Å²) < 4.78 is 1.01. The van der Waals surface area contributed by atoms with Crippen LogP contribution in [0, 0.1) is 6.92 Å². The molecule has 0 aliphatic heterocycles. The molecular weight excluding hydrogens is 338 g/mol. The Labute approximate surface area is 142 Å². The molecule has 0 amide bonds. The van der Waals surface area contributed by atoms with Gasteiger partial charge >= 0.3 is 0 Å². The molecule has 0 heterocycles. The molecule has 4 N–H and O–H groups in total. The number of benzene rings is 2. The highest BCUT2D eigenvalue weighted by molar-refractivity contribution is 9.10. The summed E-state index contributed by atoms with van der Waals surface area (Å²) in [6, 6.07) is 12.3. The lowest BCUT2D eigenvalue weighted by atomic mass is 10.0. The maximum Gasteiger partial charge on any atom is 0.0596 e. The summed E-state index contributed by atoms with van der Waals surface area (Å²) >= 11 is 3.53. The second kappa shape index (κ2) is 8.81. The zero-order chi connectivity index (χ0) is 16.7. The predicted octanol–water partition coefficient (Wildman–Crippen LogP) is 4.58. The second-order valence-corrected chi connectivity index (χ2v) is 5.98. The number of nitrogens with two attached hydrogens (primary N) is 2. The molecular formula is C18H26BrN3. The van der Waals surface area contributed by atoms with E-state index in [1.165, 1.54) is 5.56 Å². The zero-order valence-corrected chi connectivity index (χ0v) is 15.4. The Hall–Kier alpha value is -1.52. The van der Waals surface area contributed by atoms with Gasteiger partial charge in [-0.05, 0) is 36.7 Å². The van der Waals surface area contributed by atoms with Crippen LogP contribution in [0.1, 0.15) is 30.5 Å². The Morgan fingerprint density at radius 1 is 1.05 bits per heavy atom. The Kier molecular flexibility index (Phi) is 7.42. The number of anilines is 2. The van der Waals surface area contributed by atoms with Gasteiger partial charge in [-0.15, -0.1) is 0 Å². The standard InChI is InChI=1S/C16H20BrN3.C2H6/c1-11-13(16(19)15(18)8-14(11)17)10-20(2)9-12-6-4-3-5-7-12;1-2/h3-8H,9-10,18-19H2,1-2H3;1-2H3. The van der Waals surface area contributed by atoms with E-state index < -0.39 is 0 Å². The Morgan fingerprint density at radius 3 is 2.23 bits per heavy atom.